The van der Waals surface area contributed by atoms with Crippen LogP contribution in [0.1, 0.15) is 48.0 Å². The first-order valence-corrected chi connectivity index (χ1v) is 9.48. The zero-order chi connectivity index (χ0) is 19.4. The van der Waals surface area contributed by atoms with E-state index in [1.807, 2.05) is 26.0 Å². The molecule has 1 aliphatic carbocycles. The summed E-state index contributed by atoms with van der Waals surface area (Å²) in [4.78, 5) is 12.8. The number of fused-ring (bicyclic) bond motifs is 1. The van der Waals surface area contributed by atoms with Gasteiger partial charge in [-0.25, -0.2) is 9.07 Å². The van der Waals surface area contributed by atoms with Crippen LogP contribution in [0.2, 0.25) is 0 Å². The number of halogens is 1. The molecule has 0 amide bonds. The van der Waals surface area contributed by atoms with Gasteiger partial charge in [0.05, 0.1) is 17.3 Å². The van der Waals surface area contributed by atoms with Crippen LogP contribution in [-0.2, 0) is 4.79 Å². The van der Waals surface area contributed by atoms with Gasteiger partial charge in [-0.2, -0.15) is 5.10 Å². The molecule has 2 aliphatic rings. The fourth-order valence-corrected chi connectivity index (χ4v) is 4.28. The number of ketones is 1. The zero-order valence-electron chi connectivity index (χ0n) is 15.8. The van der Waals surface area contributed by atoms with Crippen molar-refractivity contribution in [2.75, 3.05) is 5.32 Å². The van der Waals surface area contributed by atoms with Gasteiger partial charge in [0.15, 0.2) is 5.78 Å². The molecule has 0 spiro atoms. The Bertz CT molecular complexity index is 1120. The number of nitrogens with one attached hydrogen (secondary N) is 1. The molecule has 0 fully saturated rings. The monoisotopic (exact) mass is 377 g/mol. The second-order valence-electron chi connectivity index (χ2n) is 7.41. The summed E-state index contributed by atoms with van der Waals surface area (Å²) in [6, 6.07) is 10.1. The molecule has 0 unspecified atom stereocenters. The Kier molecular flexibility index (Phi) is 3.75. The molecular formula is C22H20FN3O2. The van der Waals surface area contributed by atoms with E-state index in [4.69, 9.17) is 9.52 Å². The van der Waals surface area contributed by atoms with E-state index < -0.39 is 0 Å². The molecule has 0 saturated carbocycles. The van der Waals surface area contributed by atoms with Crippen molar-refractivity contribution in [1.29, 1.82) is 0 Å². The number of Topliss-reactive ketones (excluding diaryl/α,β-unsaturated/α-hetero) is 1. The molecule has 1 aromatic carbocycles. The van der Waals surface area contributed by atoms with Gasteiger partial charge in [-0.3, -0.25) is 4.79 Å². The first-order valence-electron chi connectivity index (χ1n) is 9.48. The minimum atomic E-state index is -0.290. The van der Waals surface area contributed by atoms with Crippen molar-refractivity contribution < 1.29 is 13.6 Å². The third-order valence-corrected chi connectivity index (χ3v) is 5.53. The van der Waals surface area contributed by atoms with Crippen LogP contribution in [0.15, 0.2) is 52.1 Å². The highest BCUT2D eigenvalue weighted by Gasteiger charge is 2.40. The Morgan fingerprint density at radius 1 is 1.14 bits per heavy atom. The summed E-state index contributed by atoms with van der Waals surface area (Å²) in [6.45, 7) is 3.83. The van der Waals surface area contributed by atoms with Crippen molar-refractivity contribution >= 4 is 11.6 Å². The molecule has 1 atom stereocenters. The third-order valence-electron chi connectivity index (χ3n) is 5.53. The van der Waals surface area contributed by atoms with Gasteiger partial charge in [-0.05, 0) is 63.1 Å². The normalized spacial score (nSPS) is 18.7. The van der Waals surface area contributed by atoms with Crippen molar-refractivity contribution in [3.63, 3.8) is 0 Å². The van der Waals surface area contributed by atoms with Crippen LogP contribution in [0.25, 0.3) is 5.69 Å². The number of carbonyl (C=O) groups excluding carboxylic acids is 1. The number of hydrogen-bond acceptors (Lipinski definition) is 4. The first-order chi connectivity index (χ1) is 13.5. The lowest BCUT2D eigenvalue weighted by Crippen LogP contribution is -2.27. The van der Waals surface area contributed by atoms with Crippen molar-refractivity contribution in [3.8, 4) is 5.69 Å². The molecule has 2 aromatic heterocycles. The lowest BCUT2D eigenvalue weighted by Gasteiger charge is -2.31. The predicted molar refractivity (Wildman–Crippen MR) is 103 cm³/mol. The minimum absolute atomic E-state index is 0.160. The maximum atomic E-state index is 13.4. The number of carbonyl (C=O) groups is 1. The number of rotatable bonds is 2. The van der Waals surface area contributed by atoms with Crippen molar-refractivity contribution in [3.05, 3.63) is 76.3 Å². The Morgan fingerprint density at radius 2 is 1.93 bits per heavy atom. The average molecular weight is 377 g/mol. The van der Waals surface area contributed by atoms with Crippen LogP contribution in [0.4, 0.5) is 10.2 Å². The number of furan rings is 1. The standard InChI is InChI=1S/C22H20FN3O2/c1-12-6-11-18(28-12)21-19-13(2)25-26(15-9-7-14(23)8-10-15)22(19)24-16-4-3-5-17(27)20(16)21/h6-11,21,24H,3-5H2,1-2H3/t21-/m1/s1. The Labute approximate surface area is 161 Å². The molecule has 5 nitrogen and oxygen atoms in total. The van der Waals surface area contributed by atoms with E-state index in [1.54, 1.807) is 16.8 Å². The van der Waals surface area contributed by atoms with Crippen LogP contribution < -0.4 is 5.32 Å². The van der Waals surface area contributed by atoms with E-state index in [0.29, 0.717) is 6.42 Å². The number of benzene rings is 1. The lowest BCUT2D eigenvalue weighted by molar-refractivity contribution is -0.116. The molecule has 1 N–H and O–H groups in total. The number of nitrogens with zero attached hydrogens (tertiary/aromatic N) is 2. The lowest BCUT2D eigenvalue weighted by atomic mass is 9.78. The number of allylic oxidation sites excluding steroid dienone is 2. The summed E-state index contributed by atoms with van der Waals surface area (Å²) >= 11 is 0. The molecule has 0 bridgehead atoms. The van der Waals surface area contributed by atoms with Crippen LogP contribution in [0.5, 0.6) is 0 Å². The van der Waals surface area contributed by atoms with E-state index in [2.05, 4.69) is 5.32 Å². The van der Waals surface area contributed by atoms with Gasteiger partial charge in [-0.15, -0.1) is 0 Å². The smallest absolute Gasteiger partial charge is 0.161 e. The van der Waals surface area contributed by atoms with E-state index in [1.165, 1.54) is 12.1 Å². The van der Waals surface area contributed by atoms with Crippen LogP contribution in [-0.4, -0.2) is 15.6 Å². The van der Waals surface area contributed by atoms with Gasteiger partial charge in [0.25, 0.3) is 0 Å². The highest BCUT2D eigenvalue weighted by atomic mass is 19.1. The number of anilines is 1. The molecule has 1 aliphatic heterocycles. The molecule has 142 valence electrons. The second-order valence-corrected chi connectivity index (χ2v) is 7.41. The van der Waals surface area contributed by atoms with Gasteiger partial charge >= 0.3 is 0 Å². The third kappa shape index (κ3) is 2.52. The number of aromatic nitrogens is 2. The van der Waals surface area contributed by atoms with E-state index >= 15 is 0 Å². The summed E-state index contributed by atoms with van der Waals surface area (Å²) < 4.78 is 21.1. The van der Waals surface area contributed by atoms with Crippen LogP contribution in [0, 0.1) is 19.7 Å². The van der Waals surface area contributed by atoms with Gasteiger partial charge in [0.1, 0.15) is 23.2 Å². The van der Waals surface area contributed by atoms with Crippen molar-refractivity contribution in [2.45, 2.75) is 39.0 Å². The number of aryl methyl sites for hydroxylation is 2. The minimum Gasteiger partial charge on any atom is -0.465 e. The van der Waals surface area contributed by atoms with Gasteiger partial charge in [0, 0.05) is 23.3 Å². The maximum absolute atomic E-state index is 13.4. The van der Waals surface area contributed by atoms with E-state index in [9.17, 15) is 9.18 Å². The Balaban J connectivity index is 1.74. The highest BCUT2D eigenvalue weighted by molar-refractivity contribution is 6.01. The summed E-state index contributed by atoms with van der Waals surface area (Å²) in [7, 11) is 0. The van der Waals surface area contributed by atoms with Gasteiger partial charge < -0.3 is 9.73 Å². The summed E-state index contributed by atoms with van der Waals surface area (Å²) in [5.41, 5.74) is 4.24. The fourth-order valence-electron chi connectivity index (χ4n) is 4.28. The predicted octanol–water partition coefficient (Wildman–Crippen LogP) is 4.79. The molecule has 0 radical (unpaired) electrons. The average Bonchev–Trinajstić information content (AvgIpc) is 3.25. The fraction of sp³-hybridized carbons (Fsp3) is 0.273. The molecule has 3 heterocycles. The quantitative estimate of drug-likeness (QED) is 0.698. The Morgan fingerprint density at radius 3 is 2.64 bits per heavy atom. The summed E-state index contributed by atoms with van der Waals surface area (Å²) in [5.74, 6) is 1.97. The Hall–Kier alpha value is -3.15. The van der Waals surface area contributed by atoms with Gasteiger partial charge in [-0.1, -0.05) is 0 Å². The van der Waals surface area contributed by atoms with Gasteiger partial charge in [0.2, 0.25) is 0 Å². The van der Waals surface area contributed by atoms with Crippen molar-refractivity contribution in [2.24, 2.45) is 0 Å². The molecule has 6 heteroatoms. The molecule has 0 saturated heterocycles. The molecular weight excluding hydrogens is 357 g/mol. The summed E-state index contributed by atoms with van der Waals surface area (Å²) in [6.07, 6.45) is 2.19. The molecule has 3 aromatic rings. The zero-order valence-corrected chi connectivity index (χ0v) is 15.8. The van der Waals surface area contributed by atoms with Crippen LogP contribution >= 0.6 is 0 Å². The number of hydrogen-bond donors (Lipinski definition) is 1. The first kappa shape index (κ1) is 17.0. The van der Waals surface area contributed by atoms with Crippen LogP contribution in [0.3, 0.4) is 0 Å². The van der Waals surface area contributed by atoms with Crippen molar-refractivity contribution in [1.82, 2.24) is 9.78 Å². The summed E-state index contributed by atoms with van der Waals surface area (Å²) in [5, 5.41) is 8.17. The highest BCUT2D eigenvalue weighted by Crippen LogP contribution is 2.47. The topological polar surface area (TPSA) is 60.1 Å². The van der Waals surface area contributed by atoms with E-state index in [0.717, 1.165) is 58.4 Å². The SMILES string of the molecule is Cc1ccc([C@H]2C3=C(CCCC3=O)Nc3c2c(C)nn3-c2ccc(F)cc2)o1. The molecule has 28 heavy (non-hydrogen) atoms. The van der Waals surface area contributed by atoms with E-state index in [-0.39, 0.29) is 17.5 Å². The maximum Gasteiger partial charge on any atom is 0.161 e. The second kappa shape index (κ2) is 6.19. The largest absolute Gasteiger partial charge is 0.465 e. The molecule has 5 rings (SSSR count).